The van der Waals surface area contributed by atoms with Crippen LogP contribution < -0.4 is 16.4 Å². The molecule has 0 unspecified atom stereocenters. The van der Waals surface area contributed by atoms with Crippen LogP contribution >= 0.6 is 0 Å². The van der Waals surface area contributed by atoms with Crippen molar-refractivity contribution in [2.75, 3.05) is 0 Å². The van der Waals surface area contributed by atoms with Gasteiger partial charge in [0.25, 0.3) is 0 Å². The maximum absolute atomic E-state index is 11.8. The fourth-order valence-corrected chi connectivity index (χ4v) is 1.68. The van der Waals surface area contributed by atoms with Gasteiger partial charge in [-0.1, -0.05) is 11.6 Å². The van der Waals surface area contributed by atoms with Crippen LogP contribution in [0.4, 0.5) is 0 Å². The van der Waals surface area contributed by atoms with Gasteiger partial charge >= 0.3 is 0 Å². The second-order valence-electron chi connectivity index (χ2n) is 4.64. The highest BCUT2D eigenvalue weighted by atomic mass is 16.2. The molecule has 0 spiro atoms. The van der Waals surface area contributed by atoms with Gasteiger partial charge in [0.2, 0.25) is 17.7 Å². The summed E-state index contributed by atoms with van der Waals surface area (Å²) in [5.41, 5.74) is 6.27. The molecule has 0 aromatic heterocycles. The smallest absolute Gasteiger partial charge is 0.243 e. The Morgan fingerprint density at radius 3 is 2.67 bits per heavy atom. The summed E-state index contributed by atoms with van der Waals surface area (Å²) >= 11 is 0. The standard InChI is InChI=1S/C12H19N3O3/c1-7(2)3-4-8(11(13)17)15-12(18)9-5-6-10(16)14-9/h3,8-9H,4-6H2,1-2H3,(H2,13,17)(H,14,16)(H,15,18)/t8-,9+/m0/s1. The first kappa shape index (κ1) is 14.2. The third-order valence-corrected chi connectivity index (χ3v) is 2.73. The number of carbonyl (C=O) groups is 3. The molecule has 3 amide bonds. The molecule has 1 rings (SSSR count). The van der Waals surface area contributed by atoms with E-state index in [2.05, 4.69) is 10.6 Å². The largest absolute Gasteiger partial charge is 0.368 e. The fourth-order valence-electron chi connectivity index (χ4n) is 1.68. The molecular weight excluding hydrogens is 234 g/mol. The molecule has 4 N–H and O–H groups in total. The van der Waals surface area contributed by atoms with E-state index in [-0.39, 0.29) is 11.8 Å². The van der Waals surface area contributed by atoms with Crippen LogP contribution in [0.2, 0.25) is 0 Å². The molecule has 0 bridgehead atoms. The van der Waals surface area contributed by atoms with Gasteiger partial charge in [0.15, 0.2) is 0 Å². The minimum Gasteiger partial charge on any atom is -0.368 e. The van der Waals surface area contributed by atoms with Gasteiger partial charge < -0.3 is 16.4 Å². The SMILES string of the molecule is CC(C)=CC[C@H](NC(=O)[C@H]1CCC(=O)N1)C(N)=O. The number of amides is 3. The van der Waals surface area contributed by atoms with Gasteiger partial charge in [0.1, 0.15) is 12.1 Å². The highest BCUT2D eigenvalue weighted by Crippen LogP contribution is 2.07. The summed E-state index contributed by atoms with van der Waals surface area (Å²) in [4.78, 5) is 34.0. The van der Waals surface area contributed by atoms with Crippen molar-refractivity contribution in [3.05, 3.63) is 11.6 Å². The summed E-state index contributed by atoms with van der Waals surface area (Å²) in [5, 5.41) is 5.11. The van der Waals surface area contributed by atoms with Crippen molar-refractivity contribution in [2.24, 2.45) is 5.73 Å². The van der Waals surface area contributed by atoms with E-state index in [9.17, 15) is 14.4 Å². The Bertz CT molecular complexity index is 386. The number of hydrogen-bond donors (Lipinski definition) is 3. The van der Waals surface area contributed by atoms with Gasteiger partial charge in [-0.15, -0.1) is 0 Å². The van der Waals surface area contributed by atoms with Crippen LogP contribution in [0, 0.1) is 0 Å². The van der Waals surface area contributed by atoms with Crippen LogP contribution in [-0.2, 0) is 14.4 Å². The average molecular weight is 253 g/mol. The van der Waals surface area contributed by atoms with Crippen molar-refractivity contribution in [3.8, 4) is 0 Å². The van der Waals surface area contributed by atoms with E-state index in [1.54, 1.807) is 0 Å². The molecule has 0 saturated carbocycles. The zero-order chi connectivity index (χ0) is 13.7. The molecule has 100 valence electrons. The summed E-state index contributed by atoms with van der Waals surface area (Å²) < 4.78 is 0. The van der Waals surface area contributed by atoms with Crippen molar-refractivity contribution >= 4 is 17.7 Å². The summed E-state index contributed by atoms with van der Waals surface area (Å²) in [6.45, 7) is 3.80. The van der Waals surface area contributed by atoms with Crippen LogP contribution in [0.15, 0.2) is 11.6 Å². The zero-order valence-corrected chi connectivity index (χ0v) is 10.7. The van der Waals surface area contributed by atoms with E-state index in [1.165, 1.54) is 0 Å². The predicted molar refractivity (Wildman–Crippen MR) is 66.3 cm³/mol. The van der Waals surface area contributed by atoms with E-state index in [0.29, 0.717) is 19.3 Å². The maximum Gasteiger partial charge on any atom is 0.243 e. The first-order valence-electron chi connectivity index (χ1n) is 5.92. The Kier molecular flexibility index (Phi) is 4.88. The van der Waals surface area contributed by atoms with Crippen LogP contribution in [-0.4, -0.2) is 29.8 Å². The van der Waals surface area contributed by atoms with Gasteiger partial charge in [-0.25, -0.2) is 0 Å². The highest BCUT2D eigenvalue weighted by molar-refractivity contribution is 5.93. The second-order valence-corrected chi connectivity index (χ2v) is 4.64. The van der Waals surface area contributed by atoms with E-state index < -0.39 is 18.0 Å². The molecule has 6 heteroatoms. The van der Waals surface area contributed by atoms with E-state index in [1.807, 2.05) is 19.9 Å². The Morgan fingerprint density at radius 2 is 2.22 bits per heavy atom. The molecule has 0 aromatic carbocycles. The number of nitrogens with one attached hydrogen (secondary N) is 2. The first-order valence-corrected chi connectivity index (χ1v) is 5.92. The summed E-state index contributed by atoms with van der Waals surface area (Å²) in [6, 6.07) is -1.28. The van der Waals surface area contributed by atoms with Crippen molar-refractivity contribution < 1.29 is 14.4 Å². The van der Waals surface area contributed by atoms with Crippen LogP contribution in [0.25, 0.3) is 0 Å². The Labute approximate surface area is 106 Å². The predicted octanol–water partition coefficient (Wildman–Crippen LogP) is -0.409. The summed E-state index contributed by atoms with van der Waals surface area (Å²) in [5.74, 6) is -1.08. The Hall–Kier alpha value is -1.85. The van der Waals surface area contributed by atoms with Crippen molar-refractivity contribution in [3.63, 3.8) is 0 Å². The molecule has 1 aliphatic rings. The lowest BCUT2D eigenvalue weighted by Crippen LogP contribution is -2.50. The summed E-state index contributed by atoms with van der Waals surface area (Å²) in [7, 11) is 0. The fraction of sp³-hybridized carbons (Fsp3) is 0.583. The minimum absolute atomic E-state index is 0.143. The molecule has 1 heterocycles. The Morgan fingerprint density at radius 1 is 1.56 bits per heavy atom. The number of carbonyl (C=O) groups excluding carboxylic acids is 3. The molecule has 0 aliphatic carbocycles. The normalized spacial score (nSPS) is 19.9. The third kappa shape index (κ3) is 4.20. The second kappa shape index (κ2) is 6.18. The molecular formula is C12H19N3O3. The molecule has 1 aliphatic heterocycles. The van der Waals surface area contributed by atoms with Crippen molar-refractivity contribution in [1.29, 1.82) is 0 Å². The first-order chi connectivity index (χ1) is 8.40. The number of primary amides is 1. The molecule has 18 heavy (non-hydrogen) atoms. The molecule has 0 aromatic rings. The number of allylic oxidation sites excluding steroid dienone is 1. The quantitative estimate of drug-likeness (QED) is 0.580. The lowest BCUT2D eigenvalue weighted by molar-refractivity contribution is -0.129. The van der Waals surface area contributed by atoms with Crippen LogP contribution in [0.5, 0.6) is 0 Å². The van der Waals surface area contributed by atoms with E-state index >= 15 is 0 Å². The monoisotopic (exact) mass is 253 g/mol. The van der Waals surface area contributed by atoms with Gasteiger partial charge in [0.05, 0.1) is 0 Å². The van der Waals surface area contributed by atoms with Gasteiger partial charge in [0, 0.05) is 6.42 Å². The number of rotatable bonds is 5. The van der Waals surface area contributed by atoms with Crippen LogP contribution in [0.3, 0.4) is 0 Å². The summed E-state index contributed by atoms with van der Waals surface area (Å²) in [6.07, 6.45) is 3.00. The molecule has 0 radical (unpaired) electrons. The van der Waals surface area contributed by atoms with Gasteiger partial charge in [-0.05, 0) is 26.7 Å². The topological polar surface area (TPSA) is 101 Å². The lowest BCUT2D eigenvalue weighted by atomic mass is 10.1. The number of hydrogen-bond acceptors (Lipinski definition) is 3. The third-order valence-electron chi connectivity index (χ3n) is 2.73. The molecule has 6 nitrogen and oxygen atoms in total. The molecule has 1 fully saturated rings. The zero-order valence-electron chi connectivity index (χ0n) is 10.7. The van der Waals surface area contributed by atoms with Crippen molar-refractivity contribution in [2.45, 2.75) is 45.2 Å². The van der Waals surface area contributed by atoms with Gasteiger partial charge in [-0.3, -0.25) is 14.4 Å². The van der Waals surface area contributed by atoms with Crippen molar-refractivity contribution in [1.82, 2.24) is 10.6 Å². The molecule has 1 saturated heterocycles. The minimum atomic E-state index is -0.732. The van der Waals surface area contributed by atoms with E-state index in [0.717, 1.165) is 5.57 Å². The Balaban J connectivity index is 2.55. The van der Waals surface area contributed by atoms with Gasteiger partial charge in [-0.2, -0.15) is 0 Å². The lowest BCUT2D eigenvalue weighted by Gasteiger charge is -2.17. The van der Waals surface area contributed by atoms with Crippen LogP contribution in [0.1, 0.15) is 33.1 Å². The highest BCUT2D eigenvalue weighted by Gasteiger charge is 2.29. The van der Waals surface area contributed by atoms with E-state index in [4.69, 9.17) is 5.73 Å². The maximum atomic E-state index is 11.8. The average Bonchev–Trinajstić information content (AvgIpc) is 2.70. The molecule has 2 atom stereocenters. The number of nitrogens with two attached hydrogens (primary N) is 1.